The van der Waals surface area contributed by atoms with E-state index in [1.54, 1.807) is 12.2 Å². The number of aliphatic hydroxyl groups is 1. The number of ether oxygens (including phenoxy) is 2. The number of phosphoric ester groups is 1. The lowest BCUT2D eigenvalue weighted by Crippen LogP contribution is -2.29. The first-order valence-corrected chi connectivity index (χ1v) is 24.0. The SMILES string of the molecule is CCCCC/C=C\C/C=C\C/C=C\C=C\[C@H](O)CCCC(=O)O[C@H](COC(=O)CCCCCCCCCCC/C=C\C/C=C\CCCCC)COP(=O)(O)OCCN. The molecule has 0 fully saturated rings. The first-order valence-electron chi connectivity index (χ1n) is 22.5. The van der Waals surface area contributed by atoms with Crippen molar-refractivity contribution in [3.8, 4) is 0 Å². The van der Waals surface area contributed by atoms with Crippen LogP contribution in [0.1, 0.15) is 174 Å². The molecule has 10 nitrogen and oxygen atoms in total. The van der Waals surface area contributed by atoms with Crippen LogP contribution in [0.3, 0.4) is 0 Å². The molecule has 0 rings (SSSR count). The molecule has 0 heterocycles. The van der Waals surface area contributed by atoms with Gasteiger partial charge < -0.3 is 25.2 Å². The van der Waals surface area contributed by atoms with Crippen molar-refractivity contribution in [1.82, 2.24) is 0 Å². The number of hydrogen-bond acceptors (Lipinski definition) is 9. The van der Waals surface area contributed by atoms with Crippen LogP contribution >= 0.6 is 7.82 Å². The van der Waals surface area contributed by atoms with Crippen LogP contribution in [0.25, 0.3) is 0 Å². The predicted octanol–water partition coefficient (Wildman–Crippen LogP) is 12.0. The average Bonchev–Trinajstić information content (AvgIpc) is 3.20. The maximum atomic E-state index is 12.6. The summed E-state index contributed by atoms with van der Waals surface area (Å²) in [6, 6.07) is 0. The van der Waals surface area contributed by atoms with E-state index >= 15 is 0 Å². The van der Waals surface area contributed by atoms with Gasteiger partial charge in [-0.05, 0) is 77.0 Å². The van der Waals surface area contributed by atoms with Crippen LogP contribution in [-0.2, 0) is 32.7 Å². The summed E-state index contributed by atoms with van der Waals surface area (Å²) in [6.07, 6.45) is 48.2. The van der Waals surface area contributed by atoms with Gasteiger partial charge in [-0.3, -0.25) is 18.6 Å². The smallest absolute Gasteiger partial charge is 0.462 e. The van der Waals surface area contributed by atoms with Crippen LogP contribution in [0.15, 0.2) is 72.9 Å². The Morgan fingerprint density at radius 3 is 1.67 bits per heavy atom. The molecule has 4 N–H and O–H groups in total. The molecule has 0 aromatic rings. The van der Waals surface area contributed by atoms with E-state index in [1.165, 1.54) is 77.0 Å². The van der Waals surface area contributed by atoms with Gasteiger partial charge in [-0.1, -0.05) is 157 Å². The first kappa shape index (κ1) is 55.4. The number of aliphatic hydroxyl groups excluding tert-OH is 1. The Morgan fingerprint density at radius 1 is 0.603 bits per heavy atom. The molecule has 58 heavy (non-hydrogen) atoms. The summed E-state index contributed by atoms with van der Waals surface area (Å²) >= 11 is 0. The lowest BCUT2D eigenvalue weighted by molar-refractivity contribution is -0.161. The third-order valence-electron chi connectivity index (χ3n) is 9.17. The summed E-state index contributed by atoms with van der Waals surface area (Å²) in [4.78, 5) is 34.9. The molecule has 0 saturated heterocycles. The molecule has 11 heteroatoms. The lowest BCUT2D eigenvalue weighted by atomic mass is 10.1. The maximum Gasteiger partial charge on any atom is 0.472 e. The molecule has 0 aliphatic rings. The number of carbonyl (C=O) groups excluding carboxylic acids is 2. The number of allylic oxidation sites excluding steroid dienone is 11. The van der Waals surface area contributed by atoms with Gasteiger partial charge in [0.25, 0.3) is 0 Å². The second-order valence-electron chi connectivity index (χ2n) is 14.8. The molecule has 0 bridgehead atoms. The summed E-state index contributed by atoms with van der Waals surface area (Å²) < 4.78 is 32.6. The van der Waals surface area contributed by atoms with Crippen molar-refractivity contribution in [3.63, 3.8) is 0 Å². The molecule has 0 amide bonds. The average molecular weight is 836 g/mol. The highest BCUT2D eigenvalue weighted by Crippen LogP contribution is 2.43. The third kappa shape index (κ3) is 41.6. The summed E-state index contributed by atoms with van der Waals surface area (Å²) in [7, 11) is -4.44. The van der Waals surface area contributed by atoms with E-state index < -0.39 is 38.6 Å². The van der Waals surface area contributed by atoms with Gasteiger partial charge in [-0.25, -0.2) is 4.57 Å². The number of phosphoric acid groups is 1. The van der Waals surface area contributed by atoms with E-state index in [0.29, 0.717) is 19.3 Å². The van der Waals surface area contributed by atoms with Crippen molar-refractivity contribution in [2.24, 2.45) is 5.73 Å². The molecule has 0 aromatic heterocycles. The van der Waals surface area contributed by atoms with E-state index in [1.807, 2.05) is 12.2 Å². The molecular formula is C47H82NO9P. The van der Waals surface area contributed by atoms with Crippen LogP contribution in [-0.4, -0.2) is 60.5 Å². The summed E-state index contributed by atoms with van der Waals surface area (Å²) in [5.74, 6) is -1.04. The Hall–Kier alpha value is -2.59. The van der Waals surface area contributed by atoms with Gasteiger partial charge in [0.05, 0.1) is 19.3 Å². The molecule has 3 atom stereocenters. The largest absolute Gasteiger partial charge is 0.472 e. The van der Waals surface area contributed by atoms with Crippen LogP contribution in [0.4, 0.5) is 0 Å². The van der Waals surface area contributed by atoms with E-state index in [2.05, 4.69) is 62.5 Å². The standard InChI is InChI=1S/C47H82NO9P/c1-3-5-7-9-11-13-15-17-18-19-20-21-22-24-26-28-30-32-34-38-46(50)54-42-45(43-56-58(52,53)55-41-40-48)57-47(51)39-35-37-44(49)36-33-31-29-27-25-23-16-14-12-10-8-6-4-2/h11-14,17-18,23,25,29,31,33,36,44-45,49H,3-10,15-16,19-22,24,26-28,30,32,34-35,37-43,48H2,1-2H3,(H,52,53)/b13-11-,14-12-,18-17-,25-23-,31-29-,36-33+/t44-,45+/m0/s1. The lowest BCUT2D eigenvalue weighted by Gasteiger charge is -2.20. The number of nitrogens with two attached hydrogens (primary N) is 1. The molecule has 0 aromatic carbocycles. The molecule has 0 saturated carbocycles. The Balaban J connectivity index is 4.32. The van der Waals surface area contributed by atoms with Crippen LogP contribution in [0, 0.1) is 0 Å². The second-order valence-corrected chi connectivity index (χ2v) is 16.2. The predicted molar refractivity (Wildman–Crippen MR) is 239 cm³/mol. The highest BCUT2D eigenvalue weighted by molar-refractivity contribution is 7.47. The normalized spacial score (nSPS) is 14.5. The van der Waals surface area contributed by atoms with E-state index in [0.717, 1.165) is 51.4 Å². The van der Waals surface area contributed by atoms with Gasteiger partial charge >= 0.3 is 19.8 Å². The fraction of sp³-hybridized carbons (Fsp3) is 0.702. The highest BCUT2D eigenvalue weighted by Gasteiger charge is 2.26. The summed E-state index contributed by atoms with van der Waals surface area (Å²) in [5, 5.41) is 10.3. The number of carbonyl (C=O) groups is 2. The Bertz CT molecular complexity index is 1200. The molecule has 0 aliphatic heterocycles. The van der Waals surface area contributed by atoms with Gasteiger partial charge in [-0.2, -0.15) is 0 Å². The van der Waals surface area contributed by atoms with Gasteiger partial charge in [0.1, 0.15) is 6.61 Å². The summed E-state index contributed by atoms with van der Waals surface area (Å²) in [5.41, 5.74) is 5.34. The van der Waals surface area contributed by atoms with Crippen molar-refractivity contribution in [1.29, 1.82) is 0 Å². The minimum absolute atomic E-state index is 0.00179. The van der Waals surface area contributed by atoms with Crippen LogP contribution < -0.4 is 5.73 Å². The van der Waals surface area contributed by atoms with Crippen molar-refractivity contribution >= 4 is 19.8 Å². The molecule has 0 aliphatic carbocycles. The van der Waals surface area contributed by atoms with Gasteiger partial charge in [0.2, 0.25) is 0 Å². The Labute approximate surface area is 353 Å². The van der Waals surface area contributed by atoms with Crippen molar-refractivity contribution in [3.05, 3.63) is 72.9 Å². The Morgan fingerprint density at radius 2 is 1.10 bits per heavy atom. The number of hydrogen-bond donors (Lipinski definition) is 3. The molecule has 0 spiro atoms. The van der Waals surface area contributed by atoms with E-state index in [-0.39, 0.29) is 32.6 Å². The highest BCUT2D eigenvalue weighted by atomic mass is 31.2. The molecule has 1 unspecified atom stereocenters. The Kier molecular flexibility index (Phi) is 40.6. The van der Waals surface area contributed by atoms with Gasteiger partial charge in [0, 0.05) is 19.4 Å². The fourth-order valence-corrected chi connectivity index (χ4v) is 6.53. The third-order valence-corrected chi connectivity index (χ3v) is 10.2. The number of rotatable bonds is 41. The number of unbranched alkanes of at least 4 members (excludes halogenated alkanes) is 15. The number of esters is 2. The van der Waals surface area contributed by atoms with Crippen molar-refractivity contribution in [2.45, 2.75) is 187 Å². The zero-order valence-electron chi connectivity index (χ0n) is 36.4. The molecule has 0 radical (unpaired) electrons. The molecular weight excluding hydrogens is 753 g/mol. The zero-order valence-corrected chi connectivity index (χ0v) is 37.3. The van der Waals surface area contributed by atoms with Gasteiger partial charge in [0.15, 0.2) is 6.10 Å². The van der Waals surface area contributed by atoms with Crippen molar-refractivity contribution < 1.29 is 42.7 Å². The second kappa shape index (κ2) is 42.5. The van der Waals surface area contributed by atoms with Gasteiger partial charge in [-0.15, -0.1) is 0 Å². The minimum atomic E-state index is -4.44. The van der Waals surface area contributed by atoms with Crippen LogP contribution in [0.2, 0.25) is 0 Å². The zero-order chi connectivity index (χ0) is 42.6. The topological polar surface area (TPSA) is 155 Å². The first-order chi connectivity index (χ1) is 28.2. The molecule has 334 valence electrons. The van der Waals surface area contributed by atoms with Crippen molar-refractivity contribution in [2.75, 3.05) is 26.4 Å². The van der Waals surface area contributed by atoms with E-state index in [9.17, 15) is 24.2 Å². The van der Waals surface area contributed by atoms with E-state index in [4.69, 9.17) is 24.3 Å². The maximum absolute atomic E-state index is 12.6. The minimum Gasteiger partial charge on any atom is -0.462 e. The summed E-state index contributed by atoms with van der Waals surface area (Å²) in [6.45, 7) is 3.44. The monoisotopic (exact) mass is 836 g/mol. The fourth-order valence-electron chi connectivity index (χ4n) is 5.77. The quantitative estimate of drug-likeness (QED) is 0.0178. The van der Waals surface area contributed by atoms with Crippen LogP contribution in [0.5, 0.6) is 0 Å².